The molecule has 2 unspecified atom stereocenters. The van der Waals surface area contributed by atoms with Crippen LogP contribution >= 0.6 is 0 Å². The summed E-state index contributed by atoms with van der Waals surface area (Å²) >= 11 is 0. The van der Waals surface area contributed by atoms with E-state index in [1.807, 2.05) is 0 Å². The number of nitrogens with zero attached hydrogens (tertiary/aromatic N) is 2. The Balaban J connectivity index is 2.58. The van der Waals surface area contributed by atoms with Crippen molar-refractivity contribution in [3.63, 3.8) is 0 Å². The summed E-state index contributed by atoms with van der Waals surface area (Å²) in [5.74, 6) is 1.41. The maximum absolute atomic E-state index is 5.79. The summed E-state index contributed by atoms with van der Waals surface area (Å²) in [7, 11) is 3.80. The Kier molecular flexibility index (Phi) is 3.58. The van der Waals surface area contributed by atoms with Gasteiger partial charge in [-0.1, -0.05) is 19.8 Å². The van der Waals surface area contributed by atoms with Gasteiger partial charge in [-0.2, -0.15) is 0 Å². The van der Waals surface area contributed by atoms with Crippen molar-refractivity contribution >= 4 is 5.96 Å². The van der Waals surface area contributed by atoms with Gasteiger partial charge in [0.25, 0.3) is 0 Å². The molecule has 2 N–H and O–H groups in total. The van der Waals surface area contributed by atoms with Gasteiger partial charge in [-0.3, -0.25) is 4.99 Å². The van der Waals surface area contributed by atoms with Crippen molar-refractivity contribution in [2.75, 3.05) is 14.1 Å². The molecule has 0 aromatic carbocycles. The molecule has 1 aliphatic carbocycles. The van der Waals surface area contributed by atoms with Gasteiger partial charge in [-0.05, 0) is 18.8 Å². The molecule has 76 valence electrons. The zero-order valence-electron chi connectivity index (χ0n) is 8.95. The summed E-state index contributed by atoms with van der Waals surface area (Å²) < 4.78 is 0. The van der Waals surface area contributed by atoms with Crippen LogP contribution in [0.5, 0.6) is 0 Å². The maximum atomic E-state index is 5.79. The lowest BCUT2D eigenvalue weighted by atomic mass is 9.85. The molecule has 3 nitrogen and oxygen atoms in total. The SMILES string of the molecule is CN=C(N)N(C)C1CCCCC1C. The first-order valence-corrected chi connectivity index (χ1v) is 5.12. The standard InChI is InChI=1S/C10H21N3/c1-8-6-4-5-7-9(8)13(3)10(11)12-2/h8-9H,4-7H2,1-3H3,(H2,11,12). The largest absolute Gasteiger partial charge is 0.370 e. The molecule has 1 aliphatic rings. The average molecular weight is 183 g/mol. The fourth-order valence-electron chi connectivity index (χ4n) is 2.20. The van der Waals surface area contributed by atoms with Crippen molar-refractivity contribution in [2.45, 2.75) is 38.6 Å². The molecule has 0 aromatic rings. The summed E-state index contributed by atoms with van der Waals surface area (Å²) in [5, 5.41) is 0. The quantitative estimate of drug-likeness (QED) is 0.494. The minimum absolute atomic E-state index is 0.595. The van der Waals surface area contributed by atoms with Crippen LogP contribution in [0.3, 0.4) is 0 Å². The Bertz CT molecular complexity index is 189. The van der Waals surface area contributed by atoms with Crippen LogP contribution < -0.4 is 5.73 Å². The van der Waals surface area contributed by atoms with Gasteiger partial charge in [-0.15, -0.1) is 0 Å². The van der Waals surface area contributed by atoms with Gasteiger partial charge >= 0.3 is 0 Å². The third-order valence-electron chi connectivity index (χ3n) is 3.15. The first-order chi connectivity index (χ1) is 6.16. The van der Waals surface area contributed by atoms with Crippen LogP contribution in [0.25, 0.3) is 0 Å². The van der Waals surface area contributed by atoms with E-state index in [-0.39, 0.29) is 0 Å². The molecule has 3 heteroatoms. The second-order valence-corrected chi connectivity index (χ2v) is 4.02. The second kappa shape index (κ2) is 4.49. The van der Waals surface area contributed by atoms with Crippen molar-refractivity contribution in [1.29, 1.82) is 0 Å². The molecule has 0 aromatic heterocycles. The van der Waals surface area contributed by atoms with Crippen LogP contribution in [0.4, 0.5) is 0 Å². The van der Waals surface area contributed by atoms with Crippen molar-refractivity contribution in [2.24, 2.45) is 16.6 Å². The van der Waals surface area contributed by atoms with Gasteiger partial charge in [0, 0.05) is 20.1 Å². The Morgan fingerprint density at radius 1 is 1.38 bits per heavy atom. The molecular weight excluding hydrogens is 162 g/mol. The summed E-state index contributed by atoms with van der Waals surface area (Å²) in [6.45, 7) is 2.31. The van der Waals surface area contributed by atoms with E-state index >= 15 is 0 Å². The molecule has 0 bridgehead atoms. The highest BCUT2D eigenvalue weighted by Gasteiger charge is 2.25. The molecule has 0 radical (unpaired) electrons. The van der Waals surface area contributed by atoms with Crippen LogP contribution in [0.15, 0.2) is 4.99 Å². The van der Waals surface area contributed by atoms with Crippen LogP contribution in [-0.2, 0) is 0 Å². The monoisotopic (exact) mass is 183 g/mol. The van der Waals surface area contributed by atoms with E-state index in [0.717, 1.165) is 5.92 Å². The minimum atomic E-state index is 0.595. The van der Waals surface area contributed by atoms with E-state index in [1.165, 1.54) is 25.7 Å². The number of rotatable bonds is 1. The van der Waals surface area contributed by atoms with E-state index in [0.29, 0.717) is 12.0 Å². The fraction of sp³-hybridized carbons (Fsp3) is 0.900. The van der Waals surface area contributed by atoms with Gasteiger partial charge in [0.15, 0.2) is 5.96 Å². The fourth-order valence-corrected chi connectivity index (χ4v) is 2.20. The summed E-state index contributed by atoms with van der Waals surface area (Å²) in [6.07, 6.45) is 5.28. The van der Waals surface area contributed by atoms with Gasteiger partial charge in [-0.25, -0.2) is 0 Å². The van der Waals surface area contributed by atoms with Gasteiger partial charge < -0.3 is 10.6 Å². The van der Waals surface area contributed by atoms with Crippen molar-refractivity contribution in [3.05, 3.63) is 0 Å². The number of aliphatic imine (C=N–C) groups is 1. The lowest BCUT2D eigenvalue weighted by Crippen LogP contribution is -2.46. The van der Waals surface area contributed by atoms with E-state index < -0.39 is 0 Å². The number of hydrogen-bond donors (Lipinski definition) is 1. The minimum Gasteiger partial charge on any atom is -0.370 e. The van der Waals surface area contributed by atoms with E-state index in [2.05, 4.69) is 23.9 Å². The topological polar surface area (TPSA) is 41.6 Å². The van der Waals surface area contributed by atoms with E-state index in [1.54, 1.807) is 7.05 Å². The molecular formula is C10H21N3. The molecule has 0 amide bonds. The molecule has 2 atom stereocenters. The smallest absolute Gasteiger partial charge is 0.190 e. The highest BCUT2D eigenvalue weighted by atomic mass is 15.3. The third-order valence-corrected chi connectivity index (χ3v) is 3.15. The summed E-state index contributed by atoms with van der Waals surface area (Å²) in [4.78, 5) is 6.15. The predicted octanol–water partition coefficient (Wildman–Crippen LogP) is 1.44. The highest BCUT2D eigenvalue weighted by Crippen LogP contribution is 2.26. The first-order valence-electron chi connectivity index (χ1n) is 5.12. The number of hydrogen-bond acceptors (Lipinski definition) is 1. The average Bonchev–Trinajstić information content (AvgIpc) is 2.16. The normalized spacial score (nSPS) is 30.2. The Labute approximate surface area is 81.0 Å². The predicted molar refractivity (Wildman–Crippen MR) is 56.7 cm³/mol. The third kappa shape index (κ3) is 2.36. The lowest BCUT2D eigenvalue weighted by Gasteiger charge is -2.36. The van der Waals surface area contributed by atoms with E-state index in [9.17, 15) is 0 Å². The molecule has 0 aliphatic heterocycles. The number of nitrogens with two attached hydrogens (primary N) is 1. The van der Waals surface area contributed by atoms with Crippen LogP contribution in [0.1, 0.15) is 32.6 Å². The Morgan fingerprint density at radius 3 is 2.54 bits per heavy atom. The van der Waals surface area contributed by atoms with Gasteiger partial charge in [0.05, 0.1) is 0 Å². The van der Waals surface area contributed by atoms with Crippen molar-refractivity contribution in [1.82, 2.24) is 4.90 Å². The zero-order chi connectivity index (χ0) is 9.84. The number of guanidine groups is 1. The Hall–Kier alpha value is -0.730. The maximum Gasteiger partial charge on any atom is 0.190 e. The van der Waals surface area contributed by atoms with Gasteiger partial charge in [0.2, 0.25) is 0 Å². The second-order valence-electron chi connectivity index (χ2n) is 4.02. The Morgan fingerprint density at radius 2 is 2.00 bits per heavy atom. The molecule has 1 fully saturated rings. The molecule has 0 heterocycles. The molecule has 0 saturated heterocycles. The molecule has 13 heavy (non-hydrogen) atoms. The summed E-state index contributed by atoms with van der Waals surface area (Å²) in [6, 6.07) is 0.595. The highest BCUT2D eigenvalue weighted by molar-refractivity contribution is 5.77. The van der Waals surface area contributed by atoms with Gasteiger partial charge in [0.1, 0.15) is 0 Å². The van der Waals surface area contributed by atoms with Crippen molar-refractivity contribution in [3.8, 4) is 0 Å². The zero-order valence-corrected chi connectivity index (χ0v) is 8.95. The molecule has 1 rings (SSSR count). The van der Waals surface area contributed by atoms with Crippen molar-refractivity contribution < 1.29 is 0 Å². The molecule has 0 spiro atoms. The lowest BCUT2D eigenvalue weighted by molar-refractivity contribution is 0.204. The van der Waals surface area contributed by atoms with Crippen LogP contribution in [0.2, 0.25) is 0 Å². The summed E-state index contributed by atoms with van der Waals surface area (Å²) in [5.41, 5.74) is 5.79. The first kappa shape index (κ1) is 10.4. The van der Waals surface area contributed by atoms with Crippen LogP contribution in [-0.4, -0.2) is 31.0 Å². The van der Waals surface area contributed by atoms with E-state index in [4.69, 9.17) is 5.73 Å². The van der Waals surface area contributed by atoms with Crippen LogP contribution in [0, 0.1) is 5.92 Å². The molecule has 1 saturated carbocycles.